The molecule has 0 aliphatic heterocycles. The Kier molecular flexibility index (Phi) is 11.5. The third kappa shape index (κ3) is 8.60. The van der Waals surface area contributed by atoms with E-state index in [2.05, 4.69) is 5.32 Å². The Morgan fingerprint density at radius 2 is 1.50 bits per heavy atom. The van der Waals surface area contributed by atoms with E-state index < -0.39 is 34.3 Å². The molecule has 5 rings (SSSR count). The molecule has 1 fully saturated rings. The molecule has 1 atom stereocenters. The van der Waals surface area contributed by atoms with Crippen LogP contribution in [0, 0.1) is 12.7 Å². The van der Waals surface area contributed by atoms with Gasteiger partial charge in [-0.2, -0.15) is 0 Å². The van der Waals surface area contributed by atoms with Gasteiger partial charge in [-0.3, -0.25) is 13.9 Å². The summed E-state index contributed by atoms with van der Waals surface area (Å²) in [6.45, 7) is 1.20. The molecule has 0 bridgehead atoms. The maximum atomic E-state index is 14.7. The quantitative estimate of drug-likeness (QED) is 0.177. The number of hydrogen-bond acceptors (Lipinski definition) is 5. The Morgan fingerprint density at radius 1 is 0.854 bits per heavy atom. The molecule has 8 nitrogen and oxygen atoms in total. The van der Waals surface area contributed by atoms with Crippen LogP contribution in [-0.4, -0.2) is 50.9 Å². The molecule has 0 heterocycles. The number of carbonyl (C=O) groups excluding carboxylic acids is 2. The normalized spacial score (nSPS) is 14.1. The molecule has 252 valence electrons. The fraction of sp³-hybridized carbons (Fsp3) is 0.316. The van der Waals surface area contributed by atoms with Gasteiger partial charge < -0.3 is 15.0 Å². The highest BCUT2D eigenvalue weighted by Gasteiger charge is 2.36. The number of nitrogens with one attached hydrogen (secondary N) is 1. The zero-order chi connectivity index (χ0) is 34.1. The predicted octanol–water partition coefficient (Wildman–Crippen LogP) is 6.43. The molecule has 0 spiro atoms. The van der Waals surface area contributed by atoms with Crippen LogP contribution in [0.1, 0.15) is 48.8 Å². The van der Waals surface area contributed by atoms with E-state index in [9.17, 15) is 22.4 Å². The Labute approximate surface area is 282 Å². The molecule has 0 saturated heterocycles. The molecule has 1 aliphatic rings. The number of halogens is 1. The molecule has 48 heavy (non-hydrogen) atoms. The summed E-state index contributed by atoms with van der Waals surface area (Å²) in [6.07, 6.45) is 5.04. The van der Waals surface area contributed by atoms with Crippen LogP contribution in [0.5, 0.6) is 5.75 Å². The van der Waals surface area contributed by atoms with E-state index >= 15 is 0 Å². The van der Waals surface area contributed by atoms with Crippen LogP contribution < -0.4 is 14.4 Å². The predicted molar refractivity (Wildman–Crippen MR) is 185 cm³/mol. The number of ether oxygens (including phenoxy) is 1. The summed E-state index contributed by atoms with van der Waals surface area (Å²) < 4.78 is 49.1. The summed E-state index contributed by atoms with van der Waals surface area (Å²) in [7, 11) is -2.85. The Balaban J connectivity index is 1.58. The van der Waals surface area contributed by atoms with Gasteiger partial charge in [0, 0.05) is 19.0 Å². The van der Waals surface area contributed by atoms with E-state index in [4.69, 9.17) is 4.74 Å². The van der Waals surface area contributed by atoms with Gasteiger partial charge in [-0.05, 0) is 67.3 Å². The summed E-state index contributed by atoms with van der Waals surface area (Å²) >= 11 is 0. The number of benzene rings is 4. The van der Waals surface area contributed by atoms with Crippen molar-refractivity contribution in [1.29, 1.82) is 0 Å². The first-order chi connectivity index (χ1) is 23.2. The van der Waals surface area contributed by atoms with Crippen LogP contribution in [0.2, 0.25) is 0 Å². The molecule has 1 aliphatic carbocycles. The highest BCUT2D eigenvalue weighted by atomic mass is 32.2. The number of sulfonamides is 1. The molecular formula is C38H42FN3O5S. The van der Waals surface area contributed by atoms with Crippen molar-refractivity contribution >= 4 is 27.5 Å². The van der Waals surface area contributed by atoms with Gasteiger partial charge in [0.15, 0.2) is 0 Å². The zero-order valence-electron chi connectivity index (χ0n) is 27.3. The Hall–Kier alpha value is -4.70. The molecule has 1 unspecified atom stereocenters. The Morgan fingerprint density at radius 3 is 2.17 bits per heavy atom. The molecule has 0 aromatic heterocycles. The van der Waals surface area contributed by atoms with Gasteiger partial charge >= 0.3 is 0 Å². The summed E-state index contributed by atoms with van der Waals surface area (Å²) in [4.78, 5) is 30.3. The number of para-hydroxylation sites is 2. The van der Waals surface area contributed by atoms with Crippen molar-refractivity contribution < 1.29 is 27.1 Å². The average Bonchev–Trinajstić information content (AvgIpc) is 3.10. The minimum atomic E-state index is -4.28. The van der Waals surface area contributed by atoms with E-state index in [-0.39, 0.29) is 41.2 Å². The van der Waals surface area contributed by atoms with Crippen LogP contribution in [0.25, 0.3) is 0 Å². The van der Waals surface area contributed by atoms with E-state index in [0.29, 0.717) is 5.56 Å². The second-order valence-corrected chi connectivity index (χ2v) is 14.1. The van der Waals surface area contributed by atoms with Crippen molar-refractivity contribution in [2.24, 2.45) is 0 Å². The van der Waals surface area contributed by atoms with Crippen LogP contribution in [-0.2, 0) is 32.6 Å². The Bertz CT molecular complexity index is 1780. The highest BCUT2D eigenvalue weighted by molar-refractivity contribution is 7.92. The topological polar surface area (TPSA) is 96.0 Å². The number of anilines is 1. The van der Waals surface area contributed by atoms with E-state index in [1.54, 1.807) is 48.5 Å². The van der Waals surface area contributed by atoms with Gasteiger partial charge in [0.25, 0.3) is 10.0 Å². The molecule has 1 N–H and O–H groups in total. The number of hydrogen-bond donors (Lipinski definition) is 1. The first-order valence-corrected chi connectivity index (χ1v) is 17.7. The van der Waals surface area contributed by atoms with Crippen LogP contribution >= 0.6 is 0 Å². The van der Waals surface area contributed by atoms with Crippen LogP contribution in [0.3, 0.4) is 0 Å². The van der Waals surface area contributed by atoms with Crippen molar-refractivity contribution in [2.75, 3.05) is 18.0 Å². The van der Waals surface area contributed by atoms with Crippen LogP contribution in [0.4, 0.5) is 10.1 Å². The fourth-order valence-electron chi connectivity index (χ4n) is 6.07. The second kappa shape index (κ2) is 15.9. The number of methoxy groups -OCH3 is 1. The second-order valence-electron chi connectivity index (χ2n) is 12.2. The minimum absolute atomic E-state index is 0.00719. The molecule has 2 amide bonds. The average molecular weight is 672 g/mol. The highest BCUT2D eigenvalue weighted by Crippen LogP contribution is 2.33. The van der Waals surface area contributed by atoms with E-state index in [1.165, 1.54) is 36.3 Å². The van der Waals surface area contributed by atoms with Gasteiger partial charge in [-0.15, -0.1) is 0 Å². The number of aryl methyl sites for hydroxylation is 1. The lowest BCUT2D eigenvalue weighted by Gasteiger charge is -2.35. The zero-order valence-corrected chi connectivity index (χ0v) is 28.2. The third-order valence-corrected chi connectivity index (χ3v) is 10.5. The van der Waals surface area contributed by atoms with Crippen molar-refractivity contribution in [3.05, 3.63) is 126 Å². The maximum Gasteiger partial charge on any atom is 0.264 e. The number of amides is 2. The lowest BCUT2D eigenvalue weighted by Crippen LogP contribution is -2.55. The third-order valence-electron chi connectivity index (χ3n) is 8.73. The first kappa shape index (κ1) is 34.6. The molecule has 4 aromatic carbocycles. The number of rotatable bonds is 13. The van der Waals surface area contributed by atoms with Crippen molar-refractivity contribution in [3.63, 3.8) is 0 Å². The molecule has 4 aromatic rings. The summed E-state index contributed by atoms with van der Waals surface area (Å²) in [5.41, 5.74) is 2.50. The van der Waals surface area contributed by atoms with Crippen molar-refractivity contribution in [3.8, 4) is 5.75 Å². The van der Waals surface area contributed by atoms with Crippen molar-refractivity contribution in [2.45, 2.75) is 69.0 Å². The van der Waals surface area contributed by atoms with Gasteiger partial charge in [-0.1, -0.05) is 91.6 Å². The van der Waals surface area contributed by atoms with E-state index in [1.807, 2.05) is 37.3 Å². The SMILES string of the molecule is COc1ccccc1N(CC(=O)N(Cc1ccc(F)cc1)C(Cc1ccccc1)C(=O)NC1CCCCC1)S(=O)(=O)c1ccc(C)cc1. The van der Waals surface area contributed by atoms with Gasteiger partial charge in [0.05, 0.1) is 17.7 Å². The van der Waals surface area contributed by atoms with Gasteiger partial charge in [0.2, 0.25) is 11.8 Å². The summed E-state index contributed by atoms with van der Waals surface area (Å²) in [5, 5.41) is 3.19. The van der Waals surface area contributed by atoms with E-state index in [0.717, 1.165) is 47.5 Å². The van der Waals surface area contributed by atoms with Crippen LogP contribution in [0.15, 0.2) is 108 Å². The number of carbonyl (C=O) groups is 2. The molecular weight excluding hydrogens is 629 g/mol. The largest absolute Gasteiger partial charge is 0.495 e. The minimum Gasteiger partial charge on any atom is -0.495 e. The lowest BCUT2D eigenvalue weighted by molar-refractivity contribution is -0.140. The molecule has 1 saturated carbocycles. The first-order valence-electron chi connectivity index (χ1n) is 16.3. The fourth-order valence-corrected chi connectivity index (χ4v) is 7.50. The number of nitrogens with zero attached hydrogens (tertiary/aromatic N) is 2. The maximum absolute atomic E-state index is 14.7. The van der Waals surface area contributed by atoms with Gasteiger partial charge in [-0.25, -0.2) is 12.8 Å². The molecule has 10 heteroatoms. The smallest absolute Gasteiger partial charge is 0.264 e. The molecule has 0 radical (unpaired) electrons. The summed E-state index contributed by atoms with van der Waals surface area (Å²) in [6, 6.07) is 27.1. The standard InChI is InChI=1S/C38H42FN3O5S/c1-28-17-23-33(24-18-28)48(45,46)42(34-15-9-10-16-36(34)47-2)27-37(43)41(26-30-19-21-31(39)22-20-30)35(25-29-11-5-3-6-12-29)38(44)40-32-13-7-4-8-14-32/h3,5-6,9-12,15-24,32,35H,4,7-8,13-14,25-27H2,1-2H3,(H,40,44). The monoisotopic (exact) mass is 671 g/mol. The van der Waals surface area contributed by atoms with Crippen molar-refractivity contribution in [1.82, 2.24) is 10.2 Å². The lowest BCUT2D eigenvalue weighted by atomic mass is 9.94. The van der Waals surface area contributed by atoms with Gasteiger partial charge in [0.1, 0.15) is 24.2 Å². The summed E-state index contributed by atoms with van der Waals surface area (Å²) in [5.74, 6) is -1.08.